The van der Waals surface area contributed by atoms with E-state index in [1.54, 1.807) is 12.1 Å². The number of morpholine rings is 1. The molecule has 0 aliphatic carbocycles. The van der Waals surface area contributed by atoms with Crippen molar-refractivity contribution in [3.63, 3.8) is 0 Å². The van der Waals surface area contributed by atoms with Gasteiger partial charge >= 0.3 is 0 Å². The number of nitrogens with zero attached hydrogens (tertiary/aromatic N) is 1. The van der Waals surface area contributed by atoms with Crippen molar-refractivity contribution in [2.24, 2.45) is 0 Å². The van der Waals surface area contributed by atoms with Gasteiger partial charge in [0.05, 0.1) is 23.2 Å². The van der Waals surface area contributed by atoms with Crippen LogP contribution in [0.1, 0.15) is 10.4 Å². The minimum absolute atomic E-state index is 0.0422. The molecule has 10 nitrogen and oxygen atoms in total. The second kappa shape index (κ2) is 13.3. The number of carbonyl (C=O) groups is 1. The second-order valence-corrected chi connectivity index (χ2v) is 8.32. The third kappa shape index (κ3) is 7.43. The number of hydrazine groups is 1. The van der Waals surface area contributed by atoms with Crippen molar-refractivity contribution in [1.82, 2.24) is 10.9 Å². The van der Waals surface area contributed by atoms with Gasteiger partial charge in [0.1, 0.15) is 11.5 Å². The largest absolute Gasteiger partial charge is 0.467 e. The van der Waals surface area contributed by atoms with Crippen LogP contribution in [0.2, 0.25) is 0 Å². The van der Waals surface area contributed by atoms with Gasteiger partial charge in [-0.2, -0.15) is 0 Å². The molecule has 0 spiro atoms. The van der Waals surface area contributed by atoms with Crippen molar-refractivity contribution in [3.05, 3.63) is 46.4 Å². The second-order valence-electron chi connectivity index (χ2n) is 7.06. The van der Waals surface area contributed by atoms with Crippen LogP contribution < -0.4 is 30.5 Å². The van der Waals surface area contributed by atoms with Crippen molar-refractivity contribution < 1.29 is 28.5 Å². The molecule has 0 bridgehead atoms. The van der Waals surface area contributed by atoms with Crippen molar-refractivity contribution >= 4 is 50.5 Å². The summed E-state index contributed by atoms with van der Waals surface area (Å²) in [5.74, 6) is 0.264. The number of hydrogen-bond acceptors (Lipinski definition) is 8. The summed E-state index contributed by atoms with van der Waals surface area (Å²) in [6, 6.07) is 11.0. The normalized spacial score (nSPS) is 13.2. The molecule has 3 rings (SSSR count). The van der Waals surface area contributed by atoms with Crippen LogP contribution in [0.15, 0.2) is 40.9 Å². The number of anilines is 2. The summed E-state index contributed by atoms with van der Waals surface area (Å²) in [6.45, 7) is 3.19. The van der Waals surface area contributed by atoms with Gasteiger partial charge in [0.25, 0.3) is 5.91 Å². The maximum atomic E-state index is 12.8. The highest BCUT2D eigenvalue weighted by Gasteiger charge is 2.18. The van der Waals surface area contributed by atoms with Crippen molar-refractivity contribution in [1.29, 1.82) is 0 Å². The van der Waals surface area contributed by atoms with Crippen LogP contribution in [0.3, 0.4) is 0 Å². The number of hydrogen-bond donors (Lipinski definition) is 3. The molecule has 0 saturated carbocycles. The monoisotopic (exact) mass is 554 g/mol. The smallest absolute Gasteiger partial charge is 0.273 e. The van der Waals surface area contributed by atoms with E-state index in [-0.39, 0.29) is 30.0 Å². The molecular weight excluding hydrogens is 528 g/mol. The fourth-order valence-electron chi connectivity index (χ4n) is 3.11. The molecule has 2 aromatic carbocycles. The van der Waals surface area contributed by atoms with Crippen molar-refractivity contribution in [2.75, 3.05) is 64.3 Å². The Balaban J connectivity index is 1.58. The lowest BCUT2D eigenvalue weighted by molar-refractivity contribution is 0.0451. The fourth-order valence-corrected chi connectivity index (χ4v) is 3.73. The molecule has 3 N–H and O–H groups in total. The molecule has 1 aliphatic rings. The summed E-state index contributed by atoms with van der Waals surface area (Å²) in [6.07, 6.45) is 0. The first-order valence-electron chi connectivity index (χ1n) is 10.4. The molecule has 0 aromatic heterocycles. The summed E-state index contributed by atoms with van der Waals surface area (Å²) < 4.78 is 26.8. The number of amides is 1. The maximum absolute atomic E-state index is 12.8. The van der Waals surface area contributed by atoms with Gasteiger partial charge < -0.3 is 33.9 Å². The lowest BCUT2D eigenvalue weighted by Crippen LogP contribution is -2.43. The Kier molecular flexibility index (Phi) is 10.2. The average molecular weight is 555 g/mol. The maximum Gasteiger partial charge on any atom is 0.273 e. The van der Waals surface area contributed by atoms with E-state index < -0.39 is 5.91 Å². The first-order chi connectivity index (χ1) is 16.5. The highest BCUT2D eigenvalue weighted by Crippen LogP contribution is 2.33. The van der Waals surface area contributed by atoms with Gasteiger partial charge in [-0.05, 0) is 58.5 Å². The van der Waals surface area contributed by atoms with Crippen LogP contribution in [0.5, 0.6) is 11.5 Å². The Labute approximate surface area is 211 Å². The molecule has 1 saturated heterocycles. The summed E-state index contributed by atoms with van der Waals surface area (Å²) in [7, 11) is 3.00. The molecule has 0 radical (unpaired) electrons. The first-order valence-corrected chi connectivity index (χ1v) is 11.6. The van der Waals surface area contributed by atoms with E-state index in [0.29, 0.717) is 10.2 Å². The number of ether oxygens (including phenoxy) is 5. The molecule has 0 unspecified atom stereocenters. The minimum Gasteiger partial charge on any atom is -0.467 e. The zero-order chi connectivity index (χ0) is 24.3. The number of carbonyl (C=O) groups excluding carboxylic acids is 1. The molecule has 2 aromatic rings. The quantitative estimate of drug-likeness (QED) is 0.243. The van der Waals surface area contributed by atoms with Gasteiger partial charge in [0.2, 0.25) is 0 Å². The summed E-state index contributed by atoms with van der Waals surface area (Å²) >= 11 is 8.69. The van der Waals surface area contributed by atoms with Gasteiger partial charge in [-0.3, -0.25) is 15.6 Å². The Morgan fingerprint density at radius 2 is 1.68 bits per heavy atom. The Morgan fingerprint density at radius 1 is 1.03 bits per heavy atom. The minimum atomic E-state index is -0.461. The Hall–Kier alpha value is -2.64. The van der Waals surface area contributed by atoms with E-state index in [1.165, 1.54) is 14.2 Å². The van der Waals surface area contributed by atoms with Crippen LogP contribution in [-0.4, -0.2) is 65.1 Å². The van der Waals surface area contributed by atoms with Gasteiger partial charge in [-0.15, -0.1) is 0 Å². The third-order valence-electron chi connectivity index (χ3n) is 4.73. The van der Waals surface area contributed by atoms with Gasteiger partial charge in [0, 0.05) is 44.8 Å². The molecule has 0 atom stereocenters. The predicted molar refractivity (Wildman–Crippen MR) is 135 cm³/mol. The number of benzene rings is 2. The van der Waals surface area contributed by atoms with Crippen LogP contribution >= 0.6 is 28.1 Å². The number of rotatable bonds is 9. The van der Waals surface area contributed by atoms with E-state index in [2.05, 4.69) is 37.0 Å². The Morgan fingerprint density at radius 3 is 2.32 bits per heavy atom. The molecule has 34 heavy (non-hydrogen) atoms. The summed E-state index contributed by atoms with van der Waals surface area (Å²) in [5, 5.41) is 3.27. The molecule has 1 fully saturated rings. The van der Waals surface area contributed by atoms with Crippen molar-refractivity contribution in [2.45, 2.75) is 0 Å². The lowest BCUT2D eigenvalue weighted by Gasteiger charge is -2.29. The van der Waals surface area contributed by atoms with E-state index >= 15 is 0 Å². The highest BCUT2D eigenvalue weighted by atomic mass is 79.9. The average Bonchev–Trinajstić information content (AvgIpc) is 2.86. The zero-order valence-corrected chi connectivity index (χ0v) is 21.3. The first kappa shape index (κ1) is 26.0. The summed E-state index contributed by atoms with van der Waals surface area (Å²) in [5.41, 5.74) is 7.42. The number of methoxy groups -OCH3 is 2. The SMILES string of the molecule is COCOc1cc(OCOC)c(C(=O)NNC(=S)Nc2ccc(N3CCOCC3)cc2)cc1Br. The van der Waals surface area contributed by atoms with Crippen molar-refractivity contribution in [3.8, 4) is 11.5 Å². The van der Waals surface area contributed by atoms with Crippen LogP contribution in [0.25, 0.3) is 0 Å². The highest BCUT2D eigenvalue weighted by molar-refractivity contribution is 9.10. The number of thiocarbonyl (C=S) groups is 1. The molecular formula is C22H27BrN4O6S. The van der Waals surface area contributed by atoms with Gasteiger partial charge in [-0.1, -0.05) is 0 Å². The lowest BCUT2D eigenvalue weighted by atomic mass is 10.2. The number of halogens is 1. The van der Waals surface area contributed by atoms with Crippen LogP contribution in [0.4, 0.5) is 11.4 Å². The van der Waals surface area contributed by atoms with Crippen LogP contribution in [0, 0.1) is 0 Å². The van der Waals surface area contributed by atoms with E-state index in [1.807, 2.05) is 24.3 Å². The van der Waals surface area contributed by atoms with Crippen LogP contribution in [-0.2, 0) is 14.2 Å². The molecule has 12 heteroatoms. The van der Waals surface area contributed by atoms with Gasteiger partial charge in [0.15, 0.2) is 18.7 Å². The summed E-state index contributed by atoms with van der Waals surface area (Å²) in [4.78, 5) is 15.1. The molecule has 184 valence electrons. The fraction of sp³-hybridized carbons (Fsp3) is 0.364. The number of nitrogens with one attached hydrogen (secondary N) is 3. The van der Waals surface area contributed by atoms with E-state index in [4.69, 9.17) is 35.9 Å². The third-order valence-corrected chi connectivity index (χ3v) is 5.56. The standard InChI is InChI=1S/C22H27BrN4O6S/c1-29-13-32-19-12-20(33-14-30-2)18(23)11-17(19)21(28)25-26-22(34)24-15-3-5-16(6-4-15)27-7-9-31-10-8-27/h3-6,11-12H,7-10,13-14H2,1-2H3,(H,25,28)(H2,24,26,34). The van der Waals surface area contributed by atoms with E-state index in [9.17, 15) is 4.79 Å². The molecule has 1 aliphatic heterocycles. The molecule has 1 heterocycles. The molecule has 1 amide bonds. The topological polar surface area (TPSA) is 103 Å². The zero-order valence-electron chi connectivity index (χ0n) is 18.9. The van der Waals surface area contributed by atoms with Gasteiger partial charge in [-0.25, -0.2) is 0 Å². The predicted octanol–water partition coefficient (Wildman–Crippen LogP) is 2.88. The van der Waals surface area contributed by atoms with E-state index in [0.717, 1.165) is 37.7 Å². The Bertz CT molecular complexity index is 973.